The molecule has 0 aliphatic carbocycles. The third-order valence-electron chi connectivity index (χ3n) is 4.50. The number of imidazole rings is 1. The van der Waals surface area contributed by atoms with Crippen LogP contribution in [0.5, 0.6) is 5.75 Å². The van der Waals surface area contributed by atoms with Gasteiger partial charge in [0.15, 0.2) is 0 Å². The van der Waals surface area contributed by atoms with Crippen LogP contribution in [0.1, 0.15) is 5.56 Å². The lowest BCUT2D eigenvalue weighted by Gasteiger charge is -2.09. The summed E-state index contributed by atoms with van der Waals surface area (Å²) in [6.07, 6.45) is 1.98. The van der Waals surface area contributed by atoms with Crippen molar-refractivity contribution in [1.82, 2.24) is 9.38 Å². The first-order valence-electron chi connectivity index (χ1n) is 9.25. The third-order valence-corrected chi connectivity index (χ3v) is 5.51. The molecule has 0 atom stereocenters. The van der Waals surface area contributed by atoms with E-state index in [4.69, 9.17) is 9.72 Å². The molecule has 1 N–H and O–H groups in total. The van der Waals surface area contributed by atoms with Crippen LogP contribution in [-0.2, 0) is 4.79 Å². The first-order valence-corrected chi connectivity index (χ1v) is 10.2. The van der Waals surface area contributed by atoms with Crippen LogP contribution in [0.4, 0.5) is 5.82 Å². The van der Waals surface area contributed by atoms with Crippen molar-refractivity contribution in [1.29, 1.82) is 0 Å². The number of aryl methyl sites for hydroxylation is 1. The highest BCUT2D eigenvalue weighted by Crippen LogP contribution is 2.30. The second-order valence-corrected chi connectivity index (χ2v) is 7.67. The van der Waals surface area contributed by atoms with Gasteiger partial charge in [0, 0.05) is 16.7 Å². The zero-order chi connectivity index (χ0) is 20.2. The quantitative estimate of drug-likeness (QED) is 0.458. The predicted octanol–water partition coefficient (Wildman–Crippen LogP) is 5.05. The fraction of sp³-hybridized carbons (Fsp3) is 0.130. The van der Waals surface area contributed by atoms with Crippen LogP contribution in [0.15, 0.2) is 77.8 Å². The number of nitrogens with zero attached hydrogens (tertiary/aromatic N) is 2. The van der Waals surface area contributed by atoms with Crippen molar-refractivity contribution in [2.24, 2.45) is 0 Å². The van der Waals surface area contributed by atoms with Crippen molar-refractivity contribution in [3.05, 3.63) is 78.5 Å². The Morgan fingerprint density at radius 1 is 1.07 bits per heavy atom. The number of pyridine rings is 1. The van der Waals surface area contributed by atoms with Gasteiger partial charge in [0.2, 0.25) is 5.91 Å². The van der Waals surface area contributed by atoms with E-state index in [0.29, 0.717) is 11.6 Å². The molecule has 0 fully saturated rings. The number of carbonyl (C=O) groups is 1. The molecule has 0 spiro atoms. The van der Waals surface area contributed by atoms with Gasteiger partial charge in [0.05, 0.1) is 12.9 Å². The van der Waals surface area contributed by atoms with E-state index in [1.807, 2.05) is 84.3 Å². The summed E-state index contributed by atoms with van der Waals surface area (Å²) in [5, 5.41) is 3.07. The molecule has 4 aromatic rings. The van der Waals surface area contributed by atoms with Crippen molar-refractivity contribution in [2.45, 2.75) is 11.8 Å². The van der Waals surface area contributed by atoms with E-state index in [-0.39, 0.29) is 5.91 Å². The lowest BCUT2D eigenvalue weighted by atomic mass is 10.1. The summed E-state index contributed by atoms with van der Waals surface area (Å²) >= 11 is 1.51. The summed E-state index contributed by atoms with van der Waals surface area (Å²) in [5.41, 5.74) is 3.52. The van der Waals surface area contributed by atoms with Crippen molar-refractivity contribution >= 4 is 29.1 Å². The van der Waals surface area contributed by atoms with Crippen LogP contribution in [-0.4, -0.2) is 28.2 Å². The van der Waals surface area contributed by atoms with Crippen LogP contribution in [0.25, 0.3) is 16.9 Å². The normalized spacial score (nSPS) is 10.8. The lowest BCUT2D eigenvalue weighted by Crippen LogP contribution is -2.16. The number of fused-ring (bicyclic) bond motifs is 1. The topological polar surface area (TPSA) is 55.6 Å². The van der Waals surface area contributed by atoms with Crippen LogP contribution in [0, 0.1) is 6.92 Å². The fourth-order valence-corrected chi connectivity index (χ4v) is 3.77. The third kappa shape index (κ3) is 4.27. The minimum Gasteiger partial charge on any atom is -0.497 e. The molecule has 6 heteroatoms. The second kappa shape index (κ2) is 8.41. The van der Waals surface area contributed by atoms with Crippen LogP contribution >= 0.6 is 11.8 Å². The molecule has 2 heterocycles. The molecule has 0 unspecified atom stereocenters. The molecule has 2 aromatic heterocycles. The Labute approximate surface area is 173 Å². The molecule has 0 aliphatic rings. The Balaban J connectivity index is 1.65. The number of rotatable bonds is 6. The van der Waals surface area contributed by atoms with Gasteiger partial charge < -0.3 is 10.1 Å². The number of hydrogen-bond donors (Lipinski definition) is 1. The number of thioether (sulfide) groups is 1. The molecular formula is C23H21N3O2S. The number of hydrogen-bond acceptors (Lipinski definition) is 4. The maximum absolute atomic E-state index is 12.7. The predicted molar refractivity (Wildman–Crippen MR) is 118 cm³/mol. The number of anilines is 1. The Morgan fingerprint density at radius 3 is 2.55 bits per heavy atom. The standard InChI is InChI=1S/C23H21N3O2S/c1-16-8-13-20-24-22(17-9-11-18(28-2)12-10-17)23(26(20)14-16)25-21(27)15-29-19-6-4-3-5-7-19/h3-14H,15H2,1-2H3,(H,25,27). The maximum Gasteiger partial charge on any atom is 0.235 e. The average molecular weight is 404 g/mol. The highest BCUT2D eigenvalue weighted by Gasteiger charge is 2.17. The van der Waals surface area contributed by atoms with E-state index in [1.54, 1.807) is 7.11 Å². The summed E-state index contributed by atoms with van der Waals surface area (Å²) < 4.78 is 7.18. The van der Waals surface area contributed by atoms with Crippen molar-refractivity contribution in [3.63, 3.8) is 0 Å². The summed E-state index contributed by atoms with van der Waals surface area (Å²) in [4.78, 5) is 18.5. The molecule has 2 aromatic carbocycles. The van der Waals surface area contributed by atoms with E-state index >= 15 is 0 Å². The first-order chi connectivity index (χ1) is 14.1. The molecule has 29 heavy (non-hydrogen) atoms. The molecular weight excluding hydrogens is 382 g/mol. The van der Waals surface area contributed by atoms with Crippen LogP contribution in [0.2, 0.25) is 0 Å². The van der Waals surface area contributed by atoms with Gasteiger partial charge in [-0.2, -0.15) is 0 Å². The minimum atomic E-state index is -0.0723. The van der Waals surface area contributed by atoms with Crippen LogP contribution in [0.3, 0.4) is 0 Å². The van der Waals surface area contributed by atoms with E-state index in [1.165, 1.54) is 11.8 Å². The SMILES string of the molecule is COc1ccc(-c2nc3ccc(C)cn3c2NC(=O)CSc2ccccc2)cc1. The van der Waals surface area contributed by atoms with Gasteiger partial charge in [0.1, 0.15) is 22.9 Å². The molecule has 0 aliphatic heterocycles. The van der Waals surface area contributed by atoms with E-state index in [9.17, 15) is 4.79 Å². The number of nitrogens with one attached hydrogen (secondary N) is 1. The summed E-state index contributed by atoms with van der Waals surface area (Å²) in [6, 6.07) is 21.5. The number of amides is 1. The van der Waals surface area contributed by atoms with Gasteiger partial charge in [-0.25, -0.2) is 4.98 Å². The summed E-state index contributed by atoms with van der Waals surface area (Å²) in [7, 11) is 1.64. The van der Waals surface area contributed by atoms with Crippen molar-refractivity contribution in [3.8, 4) is 17.0 Å². The Kier molecular flexibility index (Phi) is 5.53. The lowest BCUT2D eigenvalue weighted by molar-refractivity contribution is -0.113. The minimum absolute atomic E-state index is 0.0723. The van der Waals surface area contributed by atoms with Gasteiger partial charge in [-0.15, -0.1) is 11.8 Å². The maximum atomic E-state index is 12.7. The van der Waals surface area contributed by atoms with E-state index in [2.05, 4.69) is 5.32 Å². The molecule has 1 amide bonds. The van der Waals surface area contributed by atoms with Crippen molar-refractivity contribution < 1.29 is 9.53 Å². The van der Waals surface area contributed by atoms with Gasteiger partial charge in [-0.1, -0.05) is 24.3 Å². The zero-order valence-electron chi connectivity index (χ0n) is 16.3. The molecule has 5 nitrogen and oxygen atoms in total. The van der Waals surface area contributed by atoms with Gasteiger partial charge in [-0.05, 0) is 55.0 Å². The van der Waals surface area contributed by atoms with Crippen LogP contribution < -0.4 is 10.1 Å². The fourth-order valence-electron chi connectivity index (χ4n) is 3.05. The monoisotopic (exact) mass is 403 g/mol. The Hall–Kier alpha value is -3.25. The zero-order valence-corrected chi connectivity index (χ0v) is 17.1. The highest BCUT2D eigenvalue weighted by atomic mass is 32.2. The molecule has 0 bridgehead atoms. The molecule has 0 radical (unpaired) electrons. The average Bonchev–Trinajstić information content (AvgIpc) is 3.10. The number of aromatic nitrogens is 2. The number of benzene rings is 2. The Bertz CT molecular complexity index is 1140. The number of ether oxygens (including phenoxy) is 1. The van der Waals surface area contributed by atoms with E-state index in [0.717, 1.165) is 33.1 Å². The number of carbonyl (C=O) groups excluding carboxylic acids is 1. The second-order valence-electron chi connectivity index (χ2n) is 6.62. The molecule has 0 saturated heterocycles. The van der Waals surface area contributed by atoms with Gasteiger partial charge in [-0.3, -0.25) is 9.20 Å². The number of methoxy groups -OCH3 is 1. The first kappa shape index (κ1) is 19.1. The Morgan fingerprint density at radius 2 is 1.83 bits per heavy atom. The summed E-state index contributed by atoms with van der Waals surface area (Å²) in [6.45, 7) is 2.02. The summed E-state index contributed by atoms with van der Waals surface area (Å²) in [5.74, 6) is 1.70. The molecule has 0 saturated carbocycles. The van der Waals surface area contributed by atoms with Gasteiger partial charge in [0.25, 0.3) is 0 Å². The van der Waals surface area contributed by atoms with E-state index < -0.39 is 0 Å². The molecule has 146 valence electrons. The molecule has 4 rings (SSSR count). The van der Waals surface area contributed by atoms with Gasteiger partial charge >= 0.3 is 0 Å². The largest absolute Gasteiger partial charge is 0.497 e. The van der Waals surface area contributed by atoms with Crippen molar-refractivity contribution in [2.75, 3.05) is 18.2 Å². The highest BCUT2D eigenvalue weighted by molar-refractivity contribution is 8.00. The smallest absolute Gasteiger partial charge is 0.235 e.